The first kappa shape index (κ1) is 15.9. The van der Waals surface area contributed by atoms with Crippen molar-refractivity contribution in [1.29, 1.82) is 0 Å². The average molecular weight is 257 g/mol. The Balaban J connectivity index is 2.47. The van der Waals surface area contributed by atoms with E-state index in [0.717, 1.165) is 39.1 Å². The Hall–Kier alpha value is -0.120. The quantitative estimate of drug-likeness (QED) is 0.760. The minimum atomic E-state index is 0.0586. The normalized spacial score (nSPS) is 30.7. The molecule has 0 saturated carbocycles. The van der Waals surface area contributed by atoms with Crippen LogP contribution in [0.15, 0.2) is 0 Å². The van der Waals surface area contributed by atoms with Gasteiger partial charge in [0.25, 0.3) is 0 Å². The Bertz CT molecular complexity index is 233. The van der Waals surface area contributed by atoms with Gasteiger partial charge in [-0.2, -0.15) is 0 Å². The lowest BCUT2D eigenvalue weighted by Crippen LogP contribution is -2.51. The monoisotopic (exact) mass is 257 g/mol. The second-order valence-corrected chi connectivity index (χ2v) is 6.02. The first-order chi connectivity index (χ1) is 8.50. The summed E-state index contributed by atoms with van der Waals surface area (Å²) < 4.78 is 11.5. The molecule has 0 aromatic heterocycles. The molecule has 3 atom stereocenters. The van der Waals surface area contributed by atoms with Crippen LogP contribution in [0, 0.1) is 5.92 Å². The molecule has 0 spiro atoms. The fourth-order valence-corrected chi connectivity index (χ4v) is 2.50. The predicted molar refractivity (Wildman–Crippen MR) is 75.9 cm³/mol. The molecule has 1 aliphatic heterocycles. The molecule has 0 aliphatic carbocycles. The third-order valence-corrected chi connectivity index (χ3v) is 4.10. The number of hydrogen-bond acceptors (Lipinski definition) is 3. The summed E-state index contributed by atoms with van der Waals surface area (Å²) in [7, 11) is 0. The lowest BCUT2D eigenvalue weighted by atomic mass is 9.89. The fraction of sp³-hybridized carbons (Fsp3) is 1.00. The molecule has 108 valence electrons. The van der Waals surface area contributed by atoms with Crippen molar-refractivity contribution in [2.24, 2.45) is 5.92 Å². The highest BCUT2D eigenvalue weighted by atomic mass is 16.5. The summed E-state index contributed by atoms with van der Waals surface area (Å²) in [6.45, 7) is 13.5. The van der Waals surface area contributed by atoms with Gasteiger partial charge >= 0.3 is 0 Å². The molecule has 0 radical (unpaired) electrons. The highest BCUT2D eigenvalue weighted by molar-refractivity contribution is 4.87. The number of hydrogen-bond donors (Lipinski definition) is 1. The Labute approximate surface area is 113 Å². The smallest absolute Gasteiger partial charge is 0.0666 e. The largest absolute Gasteiger partial charge is 0.380 e. The zero-order valence-corrected chi connectivity index (χ0v) is 12.8. The lowest BCUT2D eigenvalue weighted by molar-refractivity contribution is -0.0808. The minimum Gasteiger partial charge on any atom is -0.380 e. The molecular formula is C15H31NO2. The molecule has 0 bridgehead atoms. The van der Waals surface area contributed by atoms with Crippen molar-refractivity contribution < 1.29 is 9.47 Å². The summed E-state index contributed by atoms with van der Waals surface area (Å²) in [5.74, 6) is 0.604. The van der Waals surface area contributed by atoms with E-state index in [1.807, 2.05) is 0 Å². The van der Waals surface area contributed by atoms with Crippen LogP contribution in [0.3, 0.4) is 0 Å². The van der Waals surface area contributed by atoms with E-state index >= 15 is 0 Å². The van der Waals surface area contributed by atoms with E-state index in [0.29, 0.717) is 18.0 Å². The Morgan fingerprint density at radius 2 is 2.11 bits per heavy atom. The van der Waals surface area contributed by atoms with Crippen molar-refractivity contribution in [3.8, 4) is 0 Å². The van der Waals surface area contributed by atoms with E-state index in [2.05, 4.69) is 39.9 Å². The van der Waals surface area contributed by atoms with Gasteiger partial charge in [-0.05, 0) is 39.0 Å². The summed E-state index contributed by atoms with van der Waals surface area (Å²) in [6, 6.07) is 1.02. The SMILES string of the molecule is CCOCC(NC1CCOC(C)(CC)C1)C(C)C. The van der Waals surface area contributed by atoms with Crippen LogP contribution in [0.5, 0.6) is 0 Å². The third kappa shape index (κ3) is 4.87. The van der Waals surface area contributed by atoms with Gasteiger partial charge < -0.3 is 14.8 Å². The topological polar surface area (TPSA) is 30.5 Å². The van der Waals surface area contributed by atoms with Gasteiger partial charge in [-0.25, -0.2) is 0 Å². The third-order valence-electron chi connectivity index (χ3n) is 4.10. The molecule has 1 rings (SSSR count). The van der Waals surface area contributed by atoms with Crippen LogP contribution in [0.2, 0.25) is 0 Å². The van der Waals surface area contributed by atoms with E-state index in [-0.39, 0.29) is 5.60 Å². The predicted octanol–water partition coefficient (Wildman–Crippen LogP) is 2.98. The Kier molecular flexibility index (Phi) is 6.61. The van der Waals surface area contributed by atoms with Gasteiger partial charge in [0, 0.05) is 25.3 Å². The maximum absolute atomic E-state index is 5.90. The summed E-state index contributed by atoms with van der Waals surface area (Å²) in [5.41, 5.74) is 0.0586. The summed E-state index contributed by atoms with van der Waals surface area (Å²) in [4.78, 5) is 0. The second-order valence-electron chi connectivity index (χ2n) is 6.02. The van der Waals surface area contributed by atoms with Crippen molar-refractivity contribution in [2.45, 2.75) is 71.6 Å². The molecule has 1 saturated heterocycles. The van der Waals surface area contributed by atoms with Crippen LogP contribution in [-0.2, 0) is 9.47 Å². The van der Waals surface area contributed by atoms with E-state index < -0.39 is 0 Å². The molecular weight excluding hydrogens is 226 g/mol. The molecule has 18 heavy (non-hydrogen) atoms. The molecule has 3 nitrogen and oxygen atoms in total. The van der Waals surface area contributed by atoms with Crippen molar-refractivity contribution in [3.05, 3.63) is 0 Å². The molecule has 0 aromatic rings. The van der Waals surface area contributed by atoms with Crippen molar-refractivity contribution in [3.63, 3.8) is 0 Å². The van der Waals surface area contributed by atoms with Gasteiger partial charge in [0.2, 0.25) is 0 Å². The zero-order chi connectivity index (χ0) is 13.6. The van der Waals surface area contributed by atoms with Gasteiger partial charge in [0.05, 0.1) is 12.2 Å². The van der Waals surface area contributed by atoms with Crippen LogP contribution in [-0.4, -0.2) is 37.5 Å². The van der Waals surface area contributed by atoms with Gasteiger partial charge in [0.15, 0.2) is 0 Å². The van der Waals surface area contributed by atoms with Crippen molar-refractivity contribution >= 4 is 0 Å². The summed E-state index contributed by atoms with van der Waals surface area (Å²) in [6.07, 6.45) is 3.31. The number of nitrogens with one attached hydrogen (secondary N) is 1. The van der Waals surface area contributed by atoms with Crippen LogP contribution < -0.4 is 5.32 Å². The minimum absolute atomic E-state index is 0.0586. The maximum Gasteiger partial charge on any atom is 0.0666 e. The number of ether oxygens (including phenoxy) is 2. The number of rotatable bonds is 7. The van der Waals surface area contributed by atoms with Crippen molar-refractivity contribution in [1.82, 2.24) is 5.32 Å². The van der Waals surface area contributed by atoms with Gasteiger partial charge in [-0.3, -0.25) is 0 Å². The molecule has 3 heteroatoms. The van der Waals surface area contributed by atoms with Gasteiger partial charge in [-0.1, -0.05) is 20.8 Å². The highest BCUT2D eigenvalue weighted by Crippen LogP contribution is 2.28. The fourth-order valence-electron chi connectivity index (χ4n) is 2.50. The lowest BCUT2D eigenvalue weighted by Gasteiger charge is -2.40. The average Bonchev–Trinajstić information content (AvgIpc) is 2.34. The van der Waals surface area contributed by atoms with E-state index in [1.165, 1.54) is 0 Å². The molecule has 1 aliphatic rings. The first-order valence-corrected chi connectivity index (χ1v) is 7.48. The summed E-state index contributed by atoms with van der Waals surface area (Å²) >= 11 is 0. The van der Waals surface area contributed by atoms with Crippen LogP contribution in [0.25, 0.3) is 0 Å². The Morgan fingerprint density at radius 1 is 1.39 bits per heavy atom. The molecule has 1 fully saturated rings. The Morgan fingerprint density at radius 3 is 2.67 bits per heavy atom. The van der Waals surface area contributed by atoms with Crippen LogP contribution in [0.4, 0.5) is 0 Å². The van der Waals surface area contributed by atoms with Gasteiger partial charge in [-0.15, -0.1) is 0 Å². The van der Waals surface area contributed by atoms with Crippen molar-refractivity contribution in [2.75, 3.05) is 19.8 Å². The molecule has 1 heterocycles. The van der Waals surface area contributed by atoms with Crippen LogP contribution >= 0.6 is 0 Å². The maximum atomic E-state index is 5.90. The molecule has 0 amide bonds. The summed E-state index contributed by atoms with van der Waals surface area (Å²) in [5, 5.41) is 3.77. The first-order valence-electron chi connectivity index (χ1n) is 7.48. The zero-order valence-electron chi connectivity index (χ0n) is 12.8. The van der Waals surface area contributed by atoms with Crippen LogP contribution in [0.1, 0.15) is 53.9 Å². The molecule has 1 N–H and O–H groups in total. The van der Waals surface area contributed by atoms with E-state index in [9.17, 15) is 0 Å². The van der Waals surface area contributed by atoms with Gasteiger partial charge in [0.1, 0.15) is 0 Å². The standard InChI is InChI=1S/C15H31NO2/c1-6-15(5)10-13(8-9-18-15)16-14(12(3)4)11-17-7-2/h12-14,16H,6-11H2,1-5H3. The van der Waals surface area contributed by atoms with E-state index in [1.54, 1.807) is 0 Å². The molecule has 3 unspecified atom stereocenters. The molecule has 0 aromatic carbocycles. The van der Waals surface area contributed by atoms with E-state index in [4.69, 9.17) is 9.47 Å². The highest BCUT2D eigenvalue weighted by Gasteiger charge is 2.32. The second kappa shape index (κ2) is 7.46.